The topological polar surface area (TPSA) is 66.9 Å². The molecule has 0 saturated heterocycles. The van der Waals surface area contributed by atoms with Crippen LogP contribution in [0.1, 0.15) is 50.5 Å². The second kappa shape index (κ2) is 4.59. The lowest BCUT2D eigenvalue weighted by Crippen LogP contribution is -2.49. The van der Waals surface area contributed by atoms with Crippen molar-refractivity contribution in [1.82, 2.24) is 0 Å². The number of nitro groups is 1. The Kier molecular flexibility index (Phi) is 3.01. The van der Waals surface area contributed by atoms with E-state index in [1.165, 1.54) is 44.2 Å². The first-order valence-corrected chi connectivity index (χ1v) is 7.26. The molecule has 0 N–H and O–H groups in total. The van der Waals surface area contributed by atoms with Crippen LogP contribution in [-0.4, -0.2) is 4.92 Å². The number of hydrogen-bond donors (Lipinski definition) is 0. The first-order valence-electron chi connectivity index (χ1n) is 7.26. The van der Waals surface area contributed by atoms with Gasteiger partial charge < -0.3 is 0 Å². The Morgan fingerprint density at radius 1 is 1.10 bits per heavy atom. The quantitative estimate of drug-likeness (QED) is 0.600. The highest BCUT2D eigenvalue weighted by molar-refractivity contribution is 5.42. The van der Waals surface area contributed by atoms with Crippen LogP contribution < -0.4 is 0 Å². The van der Waals surface area contributed by atoms with E-state index in [0.717, 1.165) is 18.4 Å². The second-order valence-corrected chi connectivity index (χ2v) is 6.41. The summed E-state index contributed by atoms with van der Waals surface area (Å²) in [6, 6.07) is 9.03. The standard InChI is InChI=1S/C16H18N2O2/c17-12-16(10-15(11-16)8-2-1-3-9-15)13-4-6-14(7-5-13)18(19)20/h4-7H,1-3,8-11H2. The number of hydrogen-bond acceptors (Lipinski definition) is 3. The molecule has 20 heavy (non-hydrogen) atoms. The van der Waals surface area contributed by atoms with Crippen molar-refractivity contribution in [2.45, 2.75) is 50.4 Å². The summed E-state index contributed by atoms with van der Waals surface area (Å²) in [5.74, 6) is 0. The van der Waals surface area contributed by atoms with Crippen LogP contribution in [0.5, 0.6) is 0 Å². The molecule has 0 aromatic heterocycles. The van der Waals surface area contributed by atoms with Gasteiger partial charge in [0.1, 0.15) is 0 Å². The number of non-ortho nitro benzene ring substituents is 1. The van der Waals surface area contributed by atoms with Crippen LogP contribution >= 0.6 is 0 Å². The van der Waals surface area contributed by atoms with Crippen molar-refractivity contribution in [1.29, 1.82) is 5.26 Å². The summed E-state index contributed by atoms with van der Waals surface area (Å²) in [6.45, 7) is 0. The summed E-state index contributed by atoms with van der Waals surface area (Å²) in [5.41, 5.74) is 0.998. The molecule has 0 unspecified atom stereocenters. The summed E-state index contributed by atoms with van der Waals surface area (Å²) >= 11 is 0. The lowest BCUT2D eigenvalue weighted by molar-refractivity contribution is -0.384. The molecule has 4 heteroatoms. The molecule has 4 nitrogen and oxygen atoms in total. The molecule has 0 bridgehead atoms. The van der Waals surface area contributed by atoms with E-state index in [1.54, 1.807) is 12.1 Å². The zero-order valence-corrected chi connectivity index (χ0v) is 11.5. The monoisotopic (exact) mass is 270 g/mol. The summed E-state index contributed by atoms with van der Waals surface area (Å²) in [4.78, 5) is 10.3. The maximum absolute atomic E-state index is 10.7. The van der Waals surface area contributed by atoms with Crippen molar-refractivity contribution >= 4 is 5.69 Å². The van der Waals surface area contributed by atoms with Gasteiger partial charge in [-0.1, -0.05) is 31.4 Å². The summed E-state index contributed by atoms with van der Waals surface area (Å²) < 4.78 is 0. The van der Waals surface area contributed by atoms with Crippen LogP contribution in [0.15, 0.2) is 24.3 Å². The largest absolute Gasteiger partial charge is 0.269 e. The Labute approximate surface area is 118 Å². The van der Waals surface area contributed by atoms with Crippen molar-refractivity contribution in [2.75, 3.05) is 0 Å². The van der Waals surface area contributed by atoms with Crippen LogP contribution in [0.25, 0.3) is 0 Å². The van der Waals surface area contributed by atoms with Gasteiger partial charge in [-0.05, 0) is 36.7 Å². The molecule has 1 aromatic carbocycles. The first-order chi connectivity index (χ1) is 9.59. The minimum atomic E-state index is -0.410. The molecule has 2 saturated carbocycles. The Bertz CT molecular complexity index is 557. The third-order valence-electron chi connectivity index (χ3n) is 5.11. The van der Waals surface area contributed by atoms with Crippen LogP contribution in [-0.2, 0) is 5.41 Å². The van der Waals surface area contributed by atoms with E-state index >= 15 is 0 Å². The Morgan fingerprint density at radius 3 is 2.20 bits per heavy atom. The number of nitriles is 1. The van der Waals surface area contributed by atoms with Gasteiger partial charge in [-0.25, -0.2) is 0 Å². The maximum Gasteiger partial charge on any atom is 0.269 e. The molecule has 0 heterocycles. The Morgan fingerprint density at radius 2 is 1.70 bits per heavy atom. The molecular weight excluding hydrogens is 252 g/mol. The number of benzene rings is 1. The van der Waals surface area contributed by atoms with Crippen LogP contribution in [0.3, 0.4) is 0 Å². The number of rotatable bonds is 2. The number of nitro benzene ring substituents is 1. The molecule has 0 atom stereocenters. The molecule has 2 aliphatic carbocycles. The molecule has 2 fully saturated rings. The van der Waals surface area contributed by atoms with E-state index in [9.17, 15) is 15.4 Å². The predicted molar refractivity (Wildman–Crippen MR) is 75.1 cm³/mol. The third kappa shape index (κ3) is 1.98. The molecule has 104 valence electrons. The van der Waals surface area contributed by atoms with Crippen molar-refractivity contribution < 1.29 is 4.92 Å². The zero-order chi connectivity index (χ0) is 14.2. The minimum Gasteiger partial charge on any atom is -0.258 e. The average molecular weight is 270 g/mol. The van der Waals surface area contributed by atoms with Crippen LogP contribution in [0.4, 0.5) is 5.69 Å². The van der Waals surface area contributed by atoms with Gasteiger partial charge in [0, 0.05) is 12.1 Å². The van der Waals surface area contributed by atoms with Crippen LogP contribution in [0.2, 0.25) is 0 Å². The van der Waals surface area contributed by atoms with Gasteiger partial charge >= 0.3 is 0 Å². The zero-order valence-electron chi connectivity index (χ0n) is 11.5. The van der Waals surface area contributed by atoms with Crippen LogP contribution in [0, 0.1) is 26.9 Å². The van der Waals surface area contributed by atoms with E-state index in [-0.39, 0.29) is 5.69 Å². The SMILES string of the molecule is N#CC1(c2ccc([N+](=O)[O-])cc2)CC2(CCCCC2)C1. The summed E-state index contributed by atoms with van der Waals surface area (Å²) in [6.07, 6.45) is 8.21. The van der Waals surface area contributed by atoms with Gasteiger partial charge in [0.2, 0.25) is 0 Å². The highest BCUT2D eigenvalue weighted by Crippen LogP contribution is 2.61. The molecular formula is C16H18N2O2. The van der Waals surface area contributed by atoms with Gasteiger partial charge in [-0.2, -0.15) is 5.26 Å². The fourth-order valence-corrected chi connectivity index (χ4v) is 4.13. The lowest BCUT2D eigenvalue weighted by Gasteiger charge is -2.55. The molecule has 3 rings (SSSR count). The smallest absolute Gasteiger partial charge is 0.258 e. The molecule has 1 aromatic rings. The minimum absolute atomic E-state index is 0.0912. The van der Waals surface area contributed by atoms with E-state index in [4.69, 9.17) is 0 Å². The molecule has 0 aliphatic heterocycles. The highest BCUT2D eigenvalue weighted by Gasteiger charge is 2.55. The first kappa shape index (κ1) is 13.1. The summed E-state index contributed by atoms with van der Waals surface area (Å²) in [7, 11) is 0. The van der Waals surface area contributed by atoms with Gasteiger partial charge in [0.15, 0.2) is 0 Å². The molecule has 0 radical (unpaired) electrons. The van der Waals surface area contributed by atoms with E-state index in [1.807, 2.05) is 0 Å². The maximum atomic E-state index is 10.7. The normalized spacial score (nSPS) is 22.8. The molecule has 0 amide bonds. The lowest BCUT2D eigenvalue weighted by atomic mass is 9.47. The van der Waals surface area contributed by atoms with Gasteiger partial charge in [0.05, 0.1) is 16.4 Å². The van der Waals surface area contributed by atoms with Gasteiger partial charge in [0.25, 0.3) is 5.69 Å². The van der Waals surface area contributed by atoms with Gasteiger partial charge in [-0.3, -0.25) is 10.1 Å². The fraction of sp³-hybridized carbons (Fsp3) is 0.562. The third-order valence-corrected chi connectivity index (χ3v) is 5.11. The van der Waals surface area contributed by atoms with Crippen molar-refractivity contribution in [2.24, 2.45) is 5.41 Å². The van der Waals surface area contributed by atoms with Crippen molar-refractivity contribution in [3.05, 3.63) is 39.9 Å². The predicted octanol–water partition coefficient (Wildman–Crippen LogP) is 4.10. The van der Waals surface area contributed by atoms with E-state index < -0.39 is 10.3 Å². The second-order valence-electron chi connectivity index (χ2n) is 6.41. The average Bonchev–Trinajstić information content (AvgIpc) is 2.45. The Balaban J connectivity index is 1.81. The van der Waals surface area contributed by atoms with E-state index in [2.05, 4.69) is 6.07 Å². The fourth-order valence-electron chi connectivity index (χ4n) is 4.13. The van der Waals surface area contributed by atoms with Crippen molar-refractivity contribution in [3.63, 3.8) is 0 Å². The highest BCUT2D eigenvalue weighted by atomic mass is 16.6. The van der Waals surface area contributed by atoms with Crippen molar-refractivity contribution in [3.8, 4) is 6.07 Å². The van der Waals surface area contributed by atoms with Gasteiger partial charge in [-0.15, -0.1) is 0 Å². The Hall–Kier alpha value is -1.89. The number of nitrogens with zero attached hydrogens (tertiary/aromatic N) is 2. The molecule has 1 spiro atoms. The summed E-state index contributed by atoms with van der Waals surface area (Å²) in [5, 5.41) is 20.3. The molecule has 2 aliphatic rings. The van der Waals surface area contributed by atoms with E-state index in [0.29, 0.717) is 5.41 Å².